The molecule has 2 aromatic rings. The van der Waals surface area contributed by atoms with Gasteiger partial charge < -0.3 is 10.4 Å². The average molecular weight is 315 g/mol. The van der Waals surface area contributed by atoms with Crippen molar-refractivity contribution < 1.29 is 14.7 Å². The van der Waals surface area contributed by atoms with E-state index in [-0.39, 0.29) is 5.57 Å². The fourth-order valence-corrected chi connectivity index (χ4v) is 3.38. The number of aliphatic carboxylic acids is 1. The first kappa shape index (κ1) is 14.3. The van der Waals surface area contributed by atoms with Gasteiger partial charge in [-0.05, 0) is 23.6 Å². The maximum Gasteiger partial charge on any atom is 0.336 e. The fraction of sp³-hybridized carbons (Fsp3) is 0.0667. The molecule has 1 atom stereocenters. The van der Waals surface area contributed by atoms with Gasteiger partial charge in [-0.1, -0.05) is 24.3 Å². The molecule has 5 N–H and O–H groups in total. The first-order valence-corrected chi connectivity index (χ1v) is 7.35. The second-order valence-electron chi connectivity index (χ2n) is 4.79. The molecule has 1 aliphatic rings. The minimum atomic E-state index is -1.34. The van der Waals surface area contributed by atoms with Gasteiger partial charge in [0.15, 0.2) is 5.54 Å². The van der Waals surface area contributed by atoms with E-state index in [4.69, 9.17) is 5.84 Å². The van der Waals surface area contributed by atoms with Crippen LogP contribution in [0, 0.1) is 0 Å². The Kier molecular flexibility index (Phi) is 3.44. The molecule has 0 spiro atoms. The minimum absolute atomic E-state index is 0.0614. The molecule has 112 valence electrons. The summed E-state index contributed by atoms with van der Waals surface area (Å²) in [7, 11) is 0. The van der Waals surface area contributed by atoms with Gasteiger partial charge in [0.05, 0.1) is 5.57 Å². The molecule has 0 saturated carbocycles. The van der Waals surface area contributed by atoms with E-state index in [9.17, 15) is 14.7 Å². The number of para-hydroxylation sites is 1. The molecule has 1 amide bonds. The number of carbonyl (C=O) groups excluding carboxylic acids is 1. The minimum Gasteiger partial charge on any atom is -0.478 e. The van der Waals surface area contributed by atoms with E-state index in [0.29, 0.717) is 16.1 Å². The number of anilines is 1. The van der Waals surface area contributed by atoms with Gasteiger partial charge in [-0.25, -0.2) is 10.6 Å². The lowest BCUT2D eigenvalue weighted by Crippen LogP contribution is -2.52. The highest BCUT2D eigenvalue weighted by atomic mass is 32.1. The molecule has 1 aromatic carbocycles. The zero-order chi connectivity index (χ0) is 15.7. The highest BCUT2D eigenvalue weighted by molar-refractivity contribution is 7.10. The van der Waals surface area contributed by atoms with E-state index in [2.05, 4.69) is 10.7 Å². The lowest BCUT2D eigenvalue weighted by atomic mass is 9.86. The Morgan fingerprint density at radius 3 is 2.64 bits per heavy atom. The monoisotopic (exact) mass is 315 g/mol. The summed E-state index contributed by atoms with van der Waals surface area (Å²) in [6, 6.07) is 10.5. The Morgan fingerprint density at radius 2 is 2.00 bits per heavy atom. The van der Waals surface area contributed by atoms with Crippen molar-refractivity contribution in [3.63, 3.8) is 0 Å². The molecule has 0 fully saturated rings. The summed E-state index contributed by atoms with van der Waals surface area (Å²) in [6.45, 7) is 0. The van der Waals surface area contributed by atoms with Crippen LogP contribution in [-0.2, 0) is 15.1 Å². The molecule has 0 radical (unpaired) electrons. The number of carboxylic acids is 1. The second-order valence-corrected chi connectivity index (χ2v) is 5.74. The van der Waals surface area contributed by atoms with E-state index < -0.39 is 17.4 Å². The van der Waals surface area contributed by atoms with Gasteiger partial charge in [0.2, 0.25) is 0 Å². The Bertz CT molecular complexity index is 770. The third kappa shape index (κ3) is 2.07. The molecule has 1 aromatic heterocycles. The lowest BCUT2D eigenvalue weighted by molar-refractivity contribution is -0.130. The Hall–Kier alpha value is -2.64. The number of hydrogen-bond acceptors (Lipinski definition) is 5. The van der Waals surface area contributed by atoms with E-state index in [1.54, 1.807) is 36.4 Å². The van der Waals surface area contributed by atoms with Gasteiger partial charge in [0.1, 0.15) is 0 Å². The molecule has 0 saturated heterocycles. The van der Waals surface area contributed by atoms with Gasteiger partial charge in [-0.3, -0.25) is 10.2 Å². The Morgan fingerprint density at radius 1 is 1.23 bits per heavy atom. The van der Waals surface area contributed by atoms with Crippen LogP contribution in [0.5, 0.6) is 0 Å². The van der Waals surface area contributed by atoms with Crippen molar-refractivity contribution in [2.75, 3.05) is 5.32 Å². The van der Waals surface area contributed by atoms with Gasteiger partial charge in [-0.15, -0.1) is 11.3 Å². The molecule has 2 heterocycles. The van der Waals surface area contributed by atoms with E-state index in [1.165, 1.54) is 17.4 Å². The van der Waals surface area contributed by atoms with Crippen LogP contribution in [-0.4, -0.2) is 17.0 Å². The SMILES string of the molecule is NNC(=O)[C@]1(c2cccs2)C=C(C(=O)O)c2ccccc2N1. The second kappa shape index (κ2) is 5.28. The van der Waals surface area contributed by atoms with Crippen LogP contribution in [0.3, 0.4) is 0 Å². The van der Waals surface area contributed by atoms with Gasteiger partial charge in [0.25, 0.3) is 5.91 Å². The highest BCUT2D eigenvalue weighted by Gasteiger charge is 2.43. The number of benzene rings is 1. The molecule has 7 heteroatoms. The highest BCUT2D eigenvalue weighted by Crippen LogP contribution is 2.40. The van der Waals surface area contributed by atoms with Crippen molar-refractivity contribution in [3.8, 4) is 0 Å². The van der Waals surface area contributed by atoms with E-state index in [0.717, 1.165) is 0 Å². The number of hydrazine groups is 1. The quantitative estimate of drug-likeness (QED) is 0.390. The van der Waals surface area contributed by atoms with Crippen LogP contribution < -0.4 is 16.6 Å². The molecule has 6 nitrogen and oxygen atoms in total. The summed E-state index contributed by atoms with van der Waals surface area (Å²) in [4.78, 5) is 24.7. The van der Waals surface area contributed by atoms with Crippen LogP contribution in [0.2, 0.25) is 0 Å². The van der Waals surface area contributed by atoms with Crippen LogP contribution in [0.25, 0.3) is 5.57 Å². The van der Waals surface area contributed by atoms with Crippen LogP contribution in [0.4, 0.5) is 5.69 Å². The summed E-state index contributed by atoms with van der Waals surface area (Å²) in [5, 5.41) is 14.5. The number of amides is 1. The smallest absolute Gasteiger partial charge is 0.336 e. The maximum absolute atomic E-state index is 12.4. The molecular formula is C15H13N3O3S. The maximum atomic E-state index is 12.4. The topological polar surface area (TPSA) is 104 Å². The summed E-state index contributed by atoms with van der Waals surface area (Å²) in [5.74, 6) is 3.70. The number of nitrogens with one attached hydrogen (secondary N) is 2. The van der Waals surface area contributed by atoms with Gasteiger partial charge >= 0.3 is 5.97 Å². The van der Waals surface area contributed by atoms with E-state index in [1.807, 2.05) is 5.38 Å². The predicted octanol–water partition coefficient (Wildman–Crippen LogP) is 1.53. The first-order valence-electron chi connectivity index (χ1n) is 6.47. The van der Waals surface area contributed by atoms with Crippen LogP contribution in [0.15, 0.2) is 47.9 Å². The third-order valence-corrected chi connectivity index (χ3v) is 4.54. The van der Waals surface area contributed by atoms with Crippen molar-refractivity contribution in [3.05, 3.63) is 58.3 Å². The number of rotatable bonds is 3. The number of carbonyl (C=O) groups is 2. The predicted molar refractivity (Wildman–Crippen MR) is 84.0 cm³/mol. The first-order chi connectivity index (χ1) is 10.6. The molecular weight excluding hydrogens is 302 g/mol. The lowest BCUT2D eigenvalue weighted by Gasteiger charge is -2.35. The van der Waals surface area contributed by atoms with Crippen molar-refractivity contribution in [2.45, 2.75) is 5.54 Å². The summed E-state index contributed by atoms with van der Waals surface area (Å²) in [5.41, 5.74) is 1.94. The van der Waals surface area contributed by atoms with Crippen LogP contribution >= 0.6 is 11.3 Å². The number of fused-ring (bicyclic) bond motifs is 1. The molecule has 0 bridgehead atoms. The molecule has 0 aliphatic carbocycles. The summed E-state index contributed by atoms with van der Waals surface area (Å²) in [6.07, 6.45) is 1.41. The summed E-state index contributed by atoms with van der Waals surface area (Å²) < 4.78 is 0. The van der Waals surface area contributed by atoms with Gasteiger partial charge in [0, 0.05) is 16.1 Å². The number of carboxylic acid groups (broad SMARTS) is 1. The molecule has 3 rings (SSSR count). The van der Waals surface area contributed by atoms with Crippen molar-refractivity contribution in [1.82, 2.24) is 5.43 Å². The van der Waals surface area contributed by atoms with Crippen molar-refractivity contribution in [1.29, 1.82) is 0 Å². The zero-order valence-corrected chi connectivity index (χ0v) is 12.2. The largest absolute Gasteiger partial charge is 0.478 e. The number of nitrogens with two attached hydrogens (primary N) is 1. The molecule has 22 heavy (non-hydrogen) atoms. The normalized spacial score (nSPS) is 19.6. The third-order valence-electron chi connectivity index (χ3n) is 3.54. The number of hydrogen-bond donors (Lipinski definition) is 4. The standard InChI is InChI=1S/C15H13N3O3S/c16-18-14(21)15(12-6-3-7-22-12)8-10(13(19)20)9-4-1-2-5-11(9)17-15/h1-8,17H,16H2,(H,18,21)(H,19,20)/t15-/m1/s1. The Labute approximate surface area is 130 Å². The fourth-order valence-electron chi connectivity index (χ4n) is 2.53. The van der Waals surface area contributed by atoms with Crippen molar-refractivity contribution >= 4 is 34.5 Å². The molecule has 0 unspecified atom stereocenters. The van der Waals surface area contributed by atoms with Crippen LogP contribution in [0.1, 0.15) is 10.4 Å². The average Bonchev–Trinajstić information content (AvgIpc) is 3.07. The van der Waals surface area contributed by atoms with Crippen molar-refractivity contribution in [2.24, 2.45) is 5.84 Å². The zero-order valence-electron chi connectivity index (χ0n) is 11.4. The van der Waals surface area contributed by atoms with Gasteiger partial charge in [-0.2, -0.15) is 0 Å². The Balaban J connectivity index is 2.27. The number of thiophene rings is 1. The summed E-state index contributed by atoms with van der Waals surface area (Å²) >= 11 is 1.34. The molecule has 1 aliphatic heterocycles. The van der Waals surface area contributed by atoms with E-state index >= 15 is 0 Å².